The molecule has 6 heteroatoms. The fraction of sp³-hybridized carbons (Fsp3) is 0.364. The van der Waals surface area contributed by atoms with Crippen LogP contribution in [0.25, 0.3) is 0 Å². The molecule has 0 aromatic carbocycles. The van der Waals surface area contributed by atoms with Crippen LogP contribution in [0.3, 0.4) is 0 Å². The quantitative estimate of drug-likeness (QED) is 0.831. The Morgan fingerprint density at radius 2 is 2.41 bits per heavy atom. The molecule has 0 spiro atoms. The Hall–Kier alpha value is -2.11. The largest absolute Gasteiger partial charge is 0.481 e. The molecule has 0 fully saturated rings. The van der Waals surface area contributed by atoms with Crippen LogP contribution in [0.15, 0.2) is 23.9 Å². The molecule has 0 amide bonds. The Kier molecular flexibility index (Phi) is 3.22. The lowest BCUT2D eigenvalue weighted by Gasteiger charge is -2.25. The standard InChI is InChI=1S/C11H13N3O3/c1-17-9-2-5-12-11(13-9)14-6-3-8(4-7-14)10(15)16/h2-3,5H,4,6-7H2,1H3,(H,15,16). The maximum atomic E-state index is 10.8. The van der Waals surface area contributed by atoms with E-state index in [1.165, 1.54) is 0 Å². The van der Waals surface area contributed by atoms with Gasteiger partial charge in [0.2, 0.25) is 11.8 Å². The van der Waals surface area contributed by atoms with E-state index in [0.29, 0.717) is 36.9 Å². The summed E-state index contributed by atoms with van der Waals surface area (Å²) in [6.45, 7) is 1.11. The van der Waals surface area contributed by atoms with Gasteiger partial charge in [-0.15, -0.1) is 0 Å². The third-order valence-electron chi connectivity index (χ3n) is 2.59. The van der Waals surface area contributed by atoms with Crippen molar-refractivity contribution in [3.8, 4) is 5.88 Å². The summed E-state index contributed by atoms with van der Waals surface area (Å²) < 4.78 is 5.02. The molecule has 0 saturated heterocycles. The second kappa shape index (κ2) is 4.82. The number of hydrogen-bond acceptors (Lipinski definition) is 5. The van der Waals surface area contributed by atoms with Gasteiger partial charge in [0.1, 0.15) is 0 Å². The molecule has 1 N–H and O–H groups in total. The van der Waals surface area contributed by atoms with E-state index in [9.17, 15) is 4.79 Å². The summed E-state index contributed by atoms with van der Waals surface area (Å²) in [6.07, 6.45) is 3.81. The van der Waals surface area contributed by atoms with Crippen LogP contribution < -0.4 is 9.64 Å². The average molecular weight is 235 g/mol. The van der Waals surface area contributed by atoms with E-state index < -0.39 is 5.97 Å². The van der Waals surface area contributed by atoms with Gasteiger partial charge in [-0.2, -0.15) is 4.98 Å². The highest BCUT2D eigenvalue weighted by atomic mass is 16.5. The van der Waals surface area contributed by atoms with Gasteiger partial charge in [0.25, 0.3) is 0 Å². The van der Waals surface area contributed by atoms with Crippen LogP contribution in [0.1, 0.15) is 6.42 Å². The number of nitrogens with zero attached hydrogens (tertiary/aromatic N) is 3. The van der Waals surface area contributed by atoms with Gasteiger partial charge in [-0.3, -0.25) is 0 Å². The smallest absolute Gasteiger partial charge is 0.331 e. The van der Waals surface area contributed by atoms with Crippen LogP contribution in [0.4, 0.5) is 5.95 Å². The Bertz CT molecular complexity index is 459. The summed E-state index contributed by atoms with van der Waals surface area (Å²) in [4.78, 5) is 21.0. The fourth-order valence-electron chi connectivity index (χ4n) is 1.64. The second-order valence-electron chi connectivity index (χ2n) is 3.63. The lowest BCUT2D eigenvalue weighted by atomic mass is 10.1. The van der Waals surface area contributed by atoms with Gasteiger partial charge < -0.3 is 14.7 Å². The van der Waals surface area contributed by atoms with Crippen molar-refractivity contribution < 1.29 is 14.6 Å². The van der Waals surface area contributed by atoms with Gasteiger partial charge in [-0.25, -0.2) is 9.78 Å². The maximum absolute atomic E-state index is 10.8. The van der Waals surface area contributed by atoms with E-state index in [-0.39, 0.29) is 0 Å². The van der Waals surface area contributed by atoms with Crippen molar-refractivity contribution in [3.63, 3.8) is 0 Å². The first-order chi connectivity index (χ1) is 8.20. The number of methoxy groups -OCH3 is 1. The van der Waals surface area contributed by atoms with Crippen molar-refractivity contribution in [1.29, 1.82) is 0 Å². The predicted octanol–water partition coefficient (Wildman–Crippen LogP) is 0.706. The monoisotopic (exact) mass is 235 g/mol. The first-order valence-corrected chi connectivity index (χ1v) is 5.25. The Morgan fingerprint density at radius 3 is 3.00 bits per heavy atom. The molecule has 1 aliphatic heterocycles. The van der Waals surface area contributed by atoms with Gasteiger partial charge in [0.15, 0.2) is 0 Å². The van der Waals surface area contributed by atoms with Crippen molar-refractivity contribution in [3.05, 3.63) is 23.9 Å². The predicted molar refractivity (Wildman–Crippen MR) is 61.1 cm³/mol. The van der Waals surface area contributed by atoms with Crippen molar-refractivity contribution in [2.24, 2.45) is 0 Å². The SMILES string of the molecule is COc1ccnc(N2CC=C(C(=O)O)CC2)n1. The molecule has 17 heavy (non-hydrogen) atoms. The molecule has 0 unspecified atom stereocenters. The Balaban J connectivity index is 2.12. The zero-order valence-corrected chi connectivity index (χ0v) is 9.46. The van der Waals surface area contributed by atoms with E-state index in [2.05, 4.69) is 9.97 Å². The minimum Gasteiger partial charge on any atom is -0.481 e. The molecular formula is C11H13N3O3. The van der Waals surface area contributed by atoms with Crippen LogP contribution in [0.5, 0.6) is 5.88 Å². The third-order valence-corrected chi connectivity index (χ3v) is 2.59. The summed E-state index contributed by atoms with van der Waals surface area (Å²) in [5.74, 6) is 0.212. The molecule has 0 saturated carbocycles. The van der Waals surface area contributed by atoms with E-state index in [4.69, 9.17) is 9.84 Å². The molecule has 6 nitrogen and oxygen atoms in total. The molecule has 1 aromatic heterocycles. The molecule has 0 bridgehead atoms. The molecule has 0 radical (unpaired) electrons. The van der Waals surface area contributed by atoms with Crippen LogP contribution in [0.2, 0.25) is 0 Å². The number of aromatic nitrogens is 2. The third kappa shape index (κ3) is 2.52. The number of carboxylic acid groups (broad SMARTS) is 1. The fourth-order valence-corrected chi connectivity index (χ4v) is 1.64. The molecular weight excluding hydrogens is 222 g/mol. The number of hydrogen-bond donors (Lipinski definition) is 1. The highest BCUT2D eigenvalue weighted by Gasteiger charge is 2.18. The number of anilines is 1. The number of carbonyl (C=O) groups is 1. The normalized spacial score (nSPS) is 15.4. The first kappa shape index (κ1) is 11.4. The van der Waals surface area contributed by atoms with Gasteiger partial charge in [0, 0.05) is 30.9 Å². The average Bonchev–Trinajstić information content (AvgIpc) is 2.39. The maximum Gasteiger partial charge on any atom is 0.331 e. The van der Waals surface area contributed by atoms with Crippen molar-refractivity contribution in [2.75, 3.05) is 25.1 Å². The number of ether oxygens (including phenoxy) is 1. The lowest BCUT2D eigenvalue weighted by Crippen LogP contribution is -2.31. The molecule has 1 aliphatic rings. The summed E-state index contributed by atoms with van der Waals surface area (Å²) in [6, 6.07) is 1.67. The van der Waals surface area contributed by atoms with Crippen LogP contribution in [-0.2, 0) is 4.79 Å². The number of rotatable bonds is 3. The van der Waals surface area contributed by atoms with E-state index in [1.807, 2.05) is 4.90 Å². The summed E-state index contributed by atoms with van der Waals surface area (Å²) in [5, 5.41) is 8.84. The summed E-state index contributed by atoms with van der Waals surface area (Å²) in [7, 11) is 1.55. The van der Waals surface area contributed by atoms with Crippen LogP contribution in [0, 0.1) is 0 Å². The lowest BCUT2D eigenvalue weighted by molar-refractivity contribution is -0.132. The highest BCUT2D eigenvalue weighted by Crippen LogP contribution is 2.17. The van der Waals surface area contributed by atoms with Crippen molar-refractivity contribution in [1.82, 2.24) is 9.97 Å². The van der Waals surface area contributed by atoms with E-state index in [1.54, 1.807) is 25.4 Å². The van der Waals surface area contributed by atoms with E-state index >= 15 is 0 Å². The molecule has 2 heterocycles. The van der Waals surface area contributed by atoms with Crippen LogP contribution >= 0.6 is 0 Å². The van der Waals surface area contributed by atoms with Crippen molar-refractivity contribution >= 4 is 11.9 Å². The van der Waals surface area contributed by atoms with E-state index in [0.717, 1.165) is 0 Å². The molecule has 1 aromatic rings. The Labute approximate surface area is 98.6 Å². The number of aliphatic carboxylic acids is 1. The molecule has 90 valence electrons. The molecule has 0 atom stereocenters. The van der Waals surface area contributed by atoms with Gasteiger partial charge in [-0.1, -0.05) is 6.08 Å². The zero-order valence-electron chi connectivity index (χ0n) is 9.46. The van der Waals surface area contributed by atoms with Crippen LogP contribution in [-0.4, -0.2) is 41.2 Å². The van der Waals surface area contributed by atoms with Gasteiger partial charge >= 0.3 is 5.97 Å². The highest BCUT2D eigenvalue weighted by molar-refractivity contribution is 5.87. The minimum atomic E-state index is -0.851. The second-order valence-corrected chi connectivity index (χ2v) is 3.63. The first-order valence-electron chi connectivity index (χ1n) is 5.25. The molecule has 0 aliphatic carbocycles. The van der Waals surface area contributed by atoms with Crippen molar-refractivity contribution in [2.45, 2.75) is 6.42 Å². The number of carboxylic acids is 1. The Morgan fingerprint density at radius 1 is 1.59 bits per heavy atom. The summed E-state index contributed by atoms with van der Waals surface area (Å²) in [5.41, 5.74) is 0.448. The van der Waals surface area contributed by atoms with Gasteiger partial charge in [0.05, 0.1) is 7.11 Å². The summed E-state index contributed by atoms with van der Waals surface area (Å²) >= 11 is 0. The van der Waals surface area contributed by atoms with Gasteiger partial charge in [-0.05, 0) is 6.42 Å². The zero-order chi connectivity index (χ0) is 12.3. The topological polar surface area (TPSA) is 75.5 Å². The molecule has 2 rings (SSSR count). The minimum absolute atomic E-state index is 0.448.